The number of carbonyl (C=O) groups is 1. The molecule has 6 rings (SSSR count). The van der Waals surface area contributed by atoms with Crippen molar-refractivity contribution in [3.8, 4) is 16.9 Å². The van der Waals surface area contributed by atoms with Gasteiger partial charge in [-0.25, -0.2) is 4.79 Å². The lowest BCUT2D eigenvalue weighted by molar-refractivity contribution is 0.0695. The summed E-state index contributed by atoms with van der Waals surface area (Å²) in [6.45, 7) is 3.89. The van der Waals surface area contributed by atoms with Gasteiger partial charge >= 0.3 is 5.97 Å². The molecule has 0 amide bonds. The number of pyridine rings is 1. The first-order chi connectivity index (χ1) is 17.5. The van der Waals surface area contributed by atoms with Crippen molar-refractivity contribution in [2.45, 2.75) is 25.7 Å². The highest BCUT2D eigenvalue weighted by Crippen LogP contribution is 2.34. The smallest absolute Gasteiger partial charge is 0.341 e. The fraction of sp³-hybridized carbons (Fsp3) is 0.296. The Morgan fingerprint density at radius 2 is 1.67 bits per heavy atom. The molecule has 0 unspecified atom stereocenters. The minimum atomic E-state index is -1.26. The first kappa shape index (κ1) is 22.8. The third-order valence-corrected chi connectivity index (χ3v) is 7.62. The average molecular weight is 549 g/mol. The second kappa shape index (κ2) is 9.13. The van der Waals surface area contributed by atoms with Crippen LogP contribution in [0.3, 0.4) is 0 Å². The minimum absolute atomic E-state index is 0.290. The molecule has 8 nitrogen and oxygen atoms in total. The Balaban J connectivity index is 1.47. The van der Waals surface area contributed by atoms with E-state index in [9.17, 15) is 14.7 Å². The number of anilines is 2. The largest absolute Gasteiger partial charge is 0.477 e. The third-order valence-electron chi connectivity index (χ3n) is 6.99. The fourth-order valence-electron chi connectivity index (χ4n) is 5.11. The Morgan fingerprint density at radius 1 is 0.944 bits per heavy atom. The van der Waals surface area contributed by atoms with Crippen molar-refractivity contribution in [2.75, 3.05) is 36.0 Å². The van der Waals surface area contributed by atoms with Crippen LogP contribution in [-0.4, -0.2) is 46.8 Å². The quantitative estimate of drug-likeness (QED) is 0.361. The van der Waals surface area contributed by atoms with Gasteiger partial charge in [-0.15, -0.1) is 0 Å². The van der Waals surface area contributed by atoms with Gasteiger partial charge in [0.15, 0.2) is 11.0 Å². The number of carboxylic acid groups (broad SMARTS) is 1. The summed E-state index contributed by atoms with van der Waals surface area (Å²) in [6, 6.07) is 13.6. The number of hydrogen-bond acceptors (Lipinski definition) is 6. The van der Waals surface area contributed by atoms with Gasteiger partial charge in [-0.2, -0.15) is 4.98 Å². The Kier molecular flexibility index (Phi) is 5.79. The molecule has 2 saturated heterocycles. The summed E-state index contributed by atoms with van der Waals surface area (Å²) < 4.78 is 8.73. The molecule has 2 aromatic heterocycles. The molecule has 4 aromatic rings. The molecule has 1 N–H and O–H groups in total. The van der Waals surface area contributed by atoms with Gasteiger partial charge in [0.2, 0.25) is 0 Å². The zero-order valence-corrected chi connectivity index (χ0v) is 21.2. The molecular weight excluding hydrogens is 524 g/mol. The van der Waals surface area contributed by atoms with E-state index < -0.39 is 11.4 Å². The first-order valence-electron chi connectivity index (χ1n) is 12.2. The number of hydrogen-bond donors (Lipinski definition) is 1. The van der Waals surface area contributed by atoms with E-state index in [1.54, 1.807) is 4.57 Å². The maximum Gasteiger partial charge on any atom is 0.341 e. The number of nitrogens with zero attached hydrogens (tertiary/aromatic N) is 4. The molecule has 2 aromatic carbocycles. The van der Waals surface area contributed by atoms with E-state index in [0.717, 1.165) is 60.3 Å². The number of aromatic nitrogens is 2. The first-order valence-corrected chi connectivity index (χ1v) is 13.0. The lowest BCUT2D eigenvalue weighted by Gasteiger charge is -2.21. The van der Waals surface area contributed by atoms with Crippen LogP contribution in [0, 0.1) is 0 Å². The van der Waals surface area contributed by atoms with Gasteiger partial charge in [0.25, 0.3) is 6.01 Å². The van der Waals surface area contributed by atoms with Gasteiger partial charge in [0, 0.05) is 54.7 Å². The Morgan fingerprint density at radius 3 is 2.36 bits per heavy atom. The van der Waals surface area contributed by atoms with Gasteiger partial charge in [-0.1, -0.05) is 6.07 Å². The molecule has 0 saturated carbocycles. The van der Waals surface area contributed by atoms with E-state index in [4.69, 9.17) is 4.42 Å². The highest BCUT2D eigenvalue weighted by Gasteiger charge is 2.21. The molecule has 0 atom stereocenters. The monoisotopic (exact) mass is 548 g/mol. The van der Waals surface area contributed by atoms with Crippen LogP contribution in [0.4, 0.5) is 11.7 Å². The molecule has 36 heavy (non-hydrogen) atoms. The zero-order chi connectivity index (χ0) is 24.8. The molecule has 0 radical (unpaired) electrons. The maximum atomic E-state index is 12.7. The summed E-state index contributed by atoms with van der Waals surface area (Å²) in [5.74, 6) is -1.26. The SMILES string of the molecule is O=C(O)c1cn(-c2ccc3nc(N4CCCC4)oc3c2)c(-c2ccc(N3CCCC3)c(Br)c2)cc1=O. The van der Waals surface area contributed by atoms with Crippen molar-refractivity contribution in [3.05, 3.63) is 68.9 Å². The van der Waals surface area contributed by atoms with Crippen LogP contribution < -0.4 is 15.2 Å². The number of aromatic carboxylic acids is 1. The van der Waals surface area contributed by atoms with Crippen LogP contribution in [0.15, 0.2) is 62.3 Å². The van der Waals surface area contributed by atoms with E-state index >= 15 is 0 Å². The molecule has 0 aliphatic carbocycles. The summed E-state index contributed by atoms with van der Waals surface area (Å²) in [5.41, 5.74) is 3.72. The van der Waals surface area contributed by atoms with Gasteiger partial charge in [-0.3, -0.25) is 4.79 Å². The molecule has 2 fully saturated rings. The fourth-order valence-corrected chi connectivity index (χ4v) is 5.74. The summed E-state index contributed by atoms with van der Waals surface area (Å²) in [4.78, 5) is 33.6. The topological polar surface area (TPSA) is 91.8 Å². The number of halogens is 1. The maximum absolute atomic E-state index is 12.7. The van der Waals surface area contributed by atoms with Crippen LogP contribution in [0.5, 0.6) is 0 Å². The summed E-state index contributed by atoms with van der Waals surface area (Å²) in [7, 11) is 0. The Bertz CT molecular complexity index is 1530. The zero-order valence-electron chi connectivity index (χ0n) is 19.6. The molecule has 4 heterocycles. The van der Waals surface area contributed by atoms with Gasteiger partial charge in [0.1, 0.15) is 11.1 Å². The van der Waals surface area contributed by atoms with Crippen LogP contribution in [0.25, 0.3) is 28.0 Å². The summed E-state index contributed by atoms with van der Waals surface area (Å²) in [5, 5.41) is 9.64. The second-order valence-electron chi connectivity index (χ2n) is 9.31. The van der Waals surface area contributed by atoms with Gasteiger partial charge in [-0.05, 0) is 71.4 Å². The van der Waals surface area contributed by atoms with Crippen molar-refractivity contribution in [1.29, 1.82) is 0 Å². The number of fused-ring (bicyclic) bond motifs is 1. The van der Waals surface area contributed by atoms with Crippen molar-refractivity contribution >= 4 is 44.7 Å². The van der Waals surface area contributed by atoms with Gasteiger partial charge < -0.3 is 23.9 Å². The van der Waals surface area contributed by atoms with Crippen molar-refractivity contribution in [1.82, 2.24) is 9.55 Å². The Hall–Kier alpha value is -3.59. The van der Waals surface area contributed by atoms with E-state index in [0.29, 0.717) is 23.0 Å². The normalized spacial score (nSPS) is 15.8. The number of oxazole rings is 1. The molecule has 9 heteroatoms. The summed E-state index contributed by atoms with van der Waals surface area (Å²) in [6.07, 6.45) is 5.98. The van der Waals surface area contributed by atoms with Crippen molar-refractivity contribution < 1.29 is 14.3 Å². The molecule has 0 spiro atoms. The molecular formula is C27H25BrN4O4. The lowest BCUT2D eigenvalue weighted by atomic mass is 10.1. The highest BCUT2D eigenvalue weighted by molar-refractivity contribution is 9.10. The molecule has 184 valence electrons. The standard InChI is InChI=1S/C27H25BrN4O4/c28-20-13-17(5-8-22(20)30-9-1-2-10-30)23-15-24(33)19(26(34)35)16-32(23)18-6-7-21-25(14-18)36-27(29-21)31-11-3-4-12-31/h5-8,13-16H,1-4,9-12H2,(H,34,35). The van der Waals surface area contributed by atoms with E-state index in [1.807, 2.05) is 36.4 Å². The summed E-state index contributed by atoms with van der Waals surface area (Å²) >= 11 is 3.71. The third kappa shape index (κ3) is 4.07. The highest BCUT2D eigenvalue weighted by atomic mass is 79.9. The Labute approximate surface area is 215 Å². The van der Waals surface area contributed by atoms with Crippen LogP contribution in [-0.2, 0) is 0 Å². The van der Waals surface area contributed by atoms with Crippen LogP contribution in [0.2, 0.25) is 0 Å². The molecule has 2 aliphatic heterocycles. The molecule has 2 aliphatic rings. The van der Waals surface area contributed by atoms with Gasteiger partial charge in [0.05, 0.1) is 11.4 Å². The average Bonchev–Trinajstić information content (AvgIpc) is 3.65. The molecule has 0 bridgehead atoms. The predicted octanol–water partition coefficient (Wildman–Crippen LogP) is 5.31. The van der Waals surface area contributed by atoms with E-state index in [2.05, 4.69) is 30.7 Å². The lowest BCUT2D eigenvalue weighted by Crippen LogP contribution is -2.19. The minimum Gasteiger partial charge on any atom is -0.477 e. The van der Waals surface area contributed by atoms with Crippen LogP contribution >= 0.6 is 15.9 Å². The van der Waals surface area contributed by atoms with E-state index in [-0.39, 0.29) is 5.56 Å². The number of carboxylic acids is 1. The predicted molar refractivity (Wildman–Crippen MR) is 143 cm³/mol. The number of benzene rings is 2. The van der Waals surface area contributed by atoms with E-state index in [1.165, 1.54) is 25.1 Å². The van der Waals surface area contributed by atoms with Crippen molar-refractivity contribution in [2.24, 2.45) is 0 Å². The van der Waals surface area contributed by atoms with Crippen molar-refractivity contribution in [3.63, 3.8) is 0 Å². The number of rotatable bonds is 5. The second-order valence-corrected chi connectivity index (χ2v) is 10.2. The van der Waals surface area contributed by atoms with Crippen LogP contribution in [0.1, 0.15) is 36.0 Å².